The Bertz CT molecular complexity index is 2400. The third-order valence-electron chi connectivity index (χ3n) is 9.52. The highest BCUT2D eigenvalue weighted by Crippen LogP contribution is 2.48. The Morgan fingerprint density at radius 3 is 1.70 bits per heavy atom. The summed E-state index contributed by atoms with van der Waals surface area (Å²) in [4.78, 5) is 0.809. The number of hydrogen-bond donors (Lipinski definition) is 0. The average molecular weight is 590 g/mol. The molecule has 0 unspecified atom stereocenters. The summed E-state index contributed by atoms with van der Waals surface area (Å²) >= 11 is 0. The predicted octanol–water partition coefficient (Wildman–Crippen LogP) is 8.07. The van der Waals surface area contributed by atoms with Gasteiger partial charge in [0.2, 0.25) is 9.84 Å². The first-order valence-corrected chi connectivity index (χ1v) is 19.1. The van der Waals surface area contributed by atoms with Crippen LogP contribution in [0, 0.1) is 0 Å². The second-order valence-corrected chi connectivity index (χ2v) is 18.2. The molecule has 0 spiro atoms. The van der Waals surface area contributed by atoms with Gasteiger partial charge < -0.3 is 4.57 Å². The Labute approximate surface area is 251 Å². The maximum atomic E-state index is 13.6. The Hall–Kier alpha value is -4.71. The molecule has 2 aliphatic rings. The third-order valence-corrected chi connectivity index (χ3v) is 14.9. The molecule has 2 aliphatic heterocycles. The maximum absolute atomic E-state index is 13.6. The minimum Gasteiger partial charge on any atom is -0.309 e. The second-order valence-electron chi connectivity index (χ2n) is 12.1. The normalized spacial score (nSPS) is 15.3. The number of nitrogens with zero attached hydrogens (tertiary/aromatic N) is 1. The molecule has 0 aliphatic carbocycles. The van der Waals surface area contributed by atoms with E-state index in [-0.39, 0.29) is 0 Å². The van der Waals surface area contributed by atoms with Gasteiger partial charge in [-0.3, -0.25) is 0 Å². The number of fused-ring (bicyclic) bond motifs is 9. The van der Waals surface area contributed by atoms with E-state index < -0.39 is 17.9 Å². The fourth-order valence-electron chi connectivity index (χ4n) is 7.87. The highest BCUT2D eigenvalue weighted by atomic mass is 32.2. The smallest absolute Gasteiger partial charge is 0.207 e. The lowest BCUT2D eigenvalue weighted by Crippen LogP contribution is -2.51. The first kappa shape index (κ1) is 24.8. The highest BCUT2D eigenvalue weighted by Gasteiger charge is 2.43. The van der Waals surface area contributed by atoms with Crippen molar-refractivity contribution in [1.82, 2.24) is 4.57 Å². The summed E-state index contributed by atoms with van der Waals surface area (Å²) in [6.45, 7) is 4.90. The quantitative estimate of drug-likeness (QED) is 0.191. The van der Waals surface area contributed by atoms with E-state index in [4.69, 9.17) is 0 Å². The summed E-state index contributed by atoms with van der Waals surface area (Å²) in [5, 5.41) is 5.30. The zero-order valence-electron chi connectivity index (χ0n) is 23.8. The van der Waals surface area contributed by atoms with Crippen LogP contribution >= 0.6 is 0 Å². The summed E-state index contributed by atoms with van der Waals surface area (Å²) in [6, 6.07) is 43.9. The monoisotopic (exact) mass is 589 g/mol. The van der Waals surface area contributed by atoms with Crippen LogP contribution in [0.3, 0.4) is 0 Å². The summed E-state index contributed by atoms with van der Waals surface area (Å²) < 4.78 is 29.6. The molecule has 6 aromatic carbocycles. The average Bonchev–Trinajstić information content (AvgIpc) is 3.59. The van der Waals surface area contributed by atoms with Gasteiger partial charge in [-0.05, 0) is 63.0 Å². The zero-order chi connectivity index (χ0) is 29.1. The molecule has 0 bridgehead atoms. The summed E-state index contributed by atoms with van der Waals surface area (Å²) in [6.07, 6.45) is 0. The van der Waals surface area contributed by atoms with Crippen LogP contribution in [0.2, 0.25) is 13.1 Å². The van der Waals surface area contributed by atoms with Crippen LogP contribution in [0.25, 0.3) is 60.9 Å². The number of benzene rings is 6. The van der Waals surface area contributed by atoms with Crippen molar-refractivity contribution >= 4 is 50.1 Å². The number of para-hydroxylation sites is 2. The van der Waals surface area contributed by atoms with Gasteiger partial charge in [0.25, 0.3) is 0 Å². The molecule has 0 saturated heterocycles. The molecule has 7 aromatic rings. The first-order valence-electron chi connectivity index (χ1n) is 14.6. The molecule has 3 heterocycles. The molecule has 5 heteroatoms. The van der Waals surface area contributed by atoms with Crippen molar-refractivity contribution < 1.29 is 8.42 Å². The van der Waals surface area contributed by atoms with Crippen LogP contribution in [0.1, 0.15) is 0 Å². The lowest BCUT2D eigenvalue weighted by Gasteiger charge is -2.26. The van der Waals surface area contributed by atoms with Gasteiger partial charge in [0.15, 0.2) is 0 Å². The Balaban J connectivity index is 1.34. The van der Waals surface area contributed by atoms with Gasteiger partial charge in [-0.1, -0.05) is 110 Å². The van der Waals surface area contributed by atoms with Crippen molar-refractivity contribution in [3.05, 3.63) is 127 Å². The van der Waals surface area contributed by atoms with Gasteiger partial charge in [0.05, 0.1) is 20.8 Å². The summed E-state index contributed by atoms with van der Waals surface area (Å²) in [7, 11) is -5.88. The minimum atomic E-state index is -3.56. The van der Waals surface area contributed by atoms with Crippen molar-refractivity contribution in [3.8, 4) is 39.1 Å². The Kier molecular flexibility index (Phi) is 4.87. The van der Waals surface area contributed by atoms with E-state index >= 15 is 0 Å². The molecule has 1 aromatic heterocycles. The SMILES string of the molecule is C[Si]1(C)c2c(-c3cccc4c3-c3ccccc3S4(=O)=O)cccc2-c2cccc(-n3c4ccccc4c4ccccc43)c21. The molecule has 206 valence electrons. The van der Waals surface area contributed by atoms with Crippen molar-refractivity contribution in [2.75, 3.05) is 0 Å². The van der Waals surface area contributed by atoms with Gasteiger partial charge in [0.1, 0.15) is 8.07 Å². The molecule has 9 rings (SSSR count). The van der Waals surface area contributed by atoms with Crippen molar-refractivity contribution in [1.29, 1.82) is 0 Å². The Morgan fingerprint density at radius 1 is 0.488 bits per heavy atom. The number of hydrogen-bond acceptors (Lipinski definition) is 2. The van der Waals surface area contributed by atoms with Gasteiger partial charge >= 0.3 is 0 Å². The van der Waals surface area contributed by atoms with Crippen LogP contribution in [0.4, 0.5) is 0 Å². The van der Waals surface area contributed by atoms with E-state index in [1.807, 2.05) is 24.3 Å². The molecular formula is C38H27NO2SSi. The molecule has 0 N–H and O–H groups in total. The molecule has 43 heavy (non-hydrogen) atoms. The second kappa shape index (κ2) is 8.44. The van der Waals surface area contributed by atoms with E-state index in [1.165, 1.54) is 49.0 Å². The largest absolute Gasteiger partial charge is 0.309 e. The molecule has 0 fully saturated rings. The maximum Gasteiger partial charge on any atom is 0.207 e. The number of aromatic nitrogens is 1. The van der Waals surface area contributed by atoms with Gasteiger partial charge in [-0.15, -0.1) is 0 Å². The van der Waals surface area contributed by atoms with E-state index in [1.54, 1.807) is 12.1 Å². The number of sulfone groups is 1. The van der Waals surface area contributed by atoms with Crippen molar-refractivity contribution in [3.63, 3.8) is 0 Å². The number of rotatable bonds is 2. The third kappa shape index (κ3) is 3.10. The van der Waals surface area contributed by atoms with Gasteiger partial charge in [-0.2, -0.15) is 0 Å². The van der Waals surface area contributed by atoms with Crippen molar-refractivity contribution in [2.24, 2.45) is 0 Å². The van der Waals surface area contributed by atoms with E-state index in [0.29, 0.717) is 9.79 Å². The summed E-state index contributed by atoms with van der Waals surface area (Å²) in [5.74, 6) is 0. The van der Waals surface area contributed by atoms with E-state index in [2.05, 4.69) is 109 Å². The van der Waals surface area contributed by atoms with Crippen LogP contribution < -0.4 is 10.4 Å². The standard InChI is InChI=1S/C38H27NO2SSi/c1-43(2)37-27(26-15-11-23-35-36(26)30-14-5-8-22-34(30)42(35,40)41)16-9-17-28(37)29-18-10-21-33(38(29)43)39-31-19-6-3-12-24(31)25-13-4-7-20-32(25)39/h3-23H,1-2H3. The minimum absolute atomic E-state index is 0.401. The zero-order valence-corrected chi connectivity index (χ0v) is 25.6. The van der Waals surface area contributed by atoms with E-state index in [0.717, 1.165) is 22.3 Å². The van der Waals surface area contributed by atoms with Crippen LogP contribution in [-0.2, 0) is 9.84 Å². The molecule has 0 saturated carbocycles. The molecule has 0 atom stereocenters. The fraction of sp³-hybridized carbons (Fsp3) is 0.0526. The van der Waals surface area contributed by atoms with Gasteiger partial charge in [-0.25, -0.2) is 8.42 Å². The first-order chi connectivity index (χ1) is 20.9. The van der Waals surface area contributed by atoms with Crippen LogP contribution in [-0.4, -0.2) is 21.1 Å². The summed E-state index contributed by atoms with van der Waals surface area (Å²) in [5.41, 5.74) is 9.96. The molecular weight excluding hydrogens is 563 g/mol. The lowest BCUT2D eigenvalue weighted by molar-refractivity contribution is 0.598. The highest BCUT2D eigenvalue weighted by molar-refractivity contribution is 7.92. The molecule has 0 amide bonds. The van der Waals surface area contributed by atoms with Crippen LogP contribution in [0.15, 0.2) is 137 Å². The van der Waals surface area contributed by atoms with E-state index in [9.17, 15) is 8.42 Å². The van der Waals surface area contributed by atoms with Crippen LogP contribution in [0.5, 0.6) is 0 Å². The Morgan fingerprint density at radius 2 is 0.977 bits per heavy atom. The predicted molar refractivity (Wildman–Crippen MR) is 179 cm³/mol. The molecule has 0 radical (unpaired) electrons. The topological polar surface area (TPSA) is 39.1 Å². The van der Waals surface area contributed by atoms with Gasteiger partial charge in [0, 0.05) is 27.6 Å². The molecule has 3 nitrogen and oxygen atoms in total. The lowest BCUT2D eigenvalue weighted by atomic mass is 9.92. The van der Waals surface area contributed by atoms with Crippen molar-refractivity contribution in [2.45, 2.75) is 22.9 Å². The fourth-order valence-corrected chi connectivity index (χ4v) is 13.3.